The lowest BCUT2D eigenvalue weighted by Crippen LogP contribution is -2.31. The van der Waals surface area contributed by atoms with Crippen molar-refractivity contribution in [3.8, 4) is 5.75 Å². The fraction of sp³-hybridized carbons (Fsp3) is 0.200. The van der Waals surface area contributed by atoms with Crippen LogP contribution in [-0.2, 0) is 16.1 Å². The first-order valence-electron chi connectivity index (χ1n) is 8.39. The van der Waals surface area contributed by atoms with Gasteiger partial charge in [-0.3, -0.25) is 4.79 Å². The molecule has 1 aromatic heterocycles. The number of para-hydroxylation sites is 1. The minimum absolute atomic E-state index is 0.0957. The number of esters is 1. The summed E-state index contributed by atoms with van der Waals surface area (Å²) in [6.45, 7) is 0.802. The van der Waals surface area contributed by atoms with Gasteiger partial charge in [-0.15, -0.1) is 0 Å². The molecule has 140 valence electrons. The monoisotopic (exact) mass is 386 g/mol. The maximum Gasteiger partial charge on any atom is 0.340 e. The maximum absolute atomic E-state index is 12.2. The summed E-state index contributed by atoms with van der Waals surface area (Å²) in [5.41, 5.74) is 1.23. The molecule has 27 heavy (non-hydrogen) atoms. The van der Waals surface area contributed by atoms with Crippen LogP contribution in [0.5, 0.6) is 5.75 Å². The second-order valence-electron chi connectivity index (χ2n) is 5.83. The lowest BCUT2D eigenvalue weighted by molar-refractivity contribution is -0.121. The van der Waals surface area contributed by atoms with E-state index in [4.69, 9.17) is 21.1 Å². The normalized spacial score (nSPS) is 10.6. The summed E-state index contributed by atoms with van der Waals surface area (Å²) in [4.78, 5) is 24.2. The van der Waals surface area contributed by atoms with Gasteiger partial charge in [0.25, 0.3) is 0 Å². The molecule has 1 N–H and O–H groups in total. The molecule has 6 nitrogen and oxygen atoms in total. The number of methoxy groups -OCH3 is 1. The smallest absolute Gasteiger partial charge is 0.340 e. The lowest BCUT2D eigenvalue weighted by atomic mass is 10.2. The maximum atomic E-state index is 12.2. The third-order valence-electron chi connectivity index (χ3n) is 4.01. The van der Waals surface area contributed by atoms with Crippen LogP contribution in [0, 0.1) is 0 Å². The van der Waals surface area contributed by atoms with Crippen LogP contribution in [0.2, 0.25) is 5.02 Å². The second-order valence-corrected chi connectivity index (χ2v) is 6.27. The topological polar surface area (TPSA) is 69.6 Å². The van der Waals surface area contributed by atoms with Crippen molar-refractivity contribution in [2.45, 2.75) is 6.54 Å². The Morgan fingerprint density at radius 3 is 2.59 bits per heavy atom. The Balaban J connectivity index is 1.57. The average molecular weight is 387 g/mol. The van der Waals surface area contributed by atoms with Gasteiger partial charge in [-0.1, -0.05) is 29.8 Å². The molecule has 0 fully saturated rings. The molecule has 0 aliphatic carbocycles. The number of benzene rings is 2. The summed E-state index contributed by atoms with van der Waals surface area (Å²) in [6, 6.07) is 14.4. The van der Waals surface area contributed by atoms with E-state index in [0.717, 1.165) is 10.9 Å². The molecule has 0 bridgehead atoms. The van der Waals surface area contributed by atoms with Crippen LogP contribution in [0.4, 0.5) is 0 Å². The summed E-state index contributed by atoms with van der Waals surface area (Å²) in [5.74, 6) is 0.0846. The van der Waals surface area contributed by atoms with Crippen LogP contribution >= 0.6 is 11.6 Å². The molecule has 7 heteroatoms. The predicted octanol–water partition coefficient (Wildman–Crippen LogP) is 3.28. The summed E-state index contributed by atoms with van der Waals surface area (Å²) in [6.07, 6.45) is 1.64. The Hall–Kier alpha value is -2.99. The number of aromatic nitrogens is 1. The Morgan fingerprint density at radius 2 is 1.85 bits per heavy atom. The summed E-state index contributed by atoms with van der Waals surface area (Å²) < 4.78 is 12.1. The van der Waals surface area contributed by atoms with Gasteiger partial charge in [-0.05, 0) is 30.3 Å². The van der Waals surface area contributed by atoms with Crippen molar-refractivity contribution < 1.29 is 19.1 Å². The van der Waals surface area contributed by atoms with Crippen LogP contribution < -0.4 is 10.1 Å². The van der Waals surface area contributed by atoms with Gasteiger partial charge in [0.2, 0.25) is 5.91 Å². The zero-order valence-corrected chi connectivity index (χ0v) is 15.5. The molecule has 0 saturated heterocycles. The van der Waals surface area contributed by atoms with Crippen molar-refractivity contribution in [3.63, 3.8) is 0 Å². The van der Waals surface area contributed by atoms with Crippen LogP contribution in [-0.4, -0.2) is 36.7 Å². The number of halogens is 1. The highest BCUT2D eigenvalue weighted by Crippen LogP contribution is 2.22. The number of hydrogen-bond acceptors (Lipinski definition) is 4. The lowest BCUT2D eigenvalue weighted by Gasteiger charge is -2.09. The van der Waals surface area contributed by atoms with Crippen LogP contribution in [0.1, 0.15) is 10.4 Å². The van der Waals surface area contributed by atoms with Crippen molar-refractivity contribution in [1.82, 2.24) is 9.88 Å². The van der Waals surface area contributed by atoms with Gasteiger partial charge >= 0.3 is 5.97 Å². The standard InChI is InChI=1S/C20H19ClN2O4/c1-26-20(25)17-12-23(18-5-3-2-4-16(17)18)13-19(24)22-10-11-27-15-8-6-14(21)7-9-15/h2-9,12H,10-11,13H2,1H3,(H,22,24). The number of fused-ring (bicyclic) bond motifs is 1. The number of carbonyl (C=O) groups excluding carboxylic acids is 2. The highest BCUT2D eigenvalue weighted by molar-refractivity contribution is 6.30. The van der Waals surface area contributed by atoms with Crippen molar-refractivity contribution in [3.05, 3.63) is 65.3 Å². The molecule has 0 aliphatic rings. The third kappa shape index (κ3) is 4.60. The SMILES string of the molecule is COC(=O)c1cn(CC(=O)NCCOc2ccc(Cl)cc2)c2ccccc12. The Morgan fingerprint density at radius 1 is 1.11 bits per heavy atom. The molecule has 1 heterocycles. The molecule has 3 aromatic rings. The van der Waals surface area contributed by atoms with Crippen molar-refractivity contribution >= 4 is 34.4 Å². The Kier molecular flexibility index (Phi) is 5.98. The summed E-state index contributed by atoms with van der Waals surface area (Å²) in [7, 11) is 1.34. The quantitative estimate of drug-likeness (QED) is 0.499. The number of nitrogens with zero attached hydrogens (tertiary/aromatic N) is 1. The van der Waals surface area contributed by atoms with Gasteiger partial charge in [0.1, 0.15) is 18.9 Å². The number of ether oxygens (including phenoxy) is 2. The first-order chi connectivity index (χ1) is 13.1. The predicted molar refractivity (Wildman–Crippen MR) is 103 cm³/mol. The molecular weight excluding hydrogens is 368 g/mol. The minimum atomic E-state index is -0.429. The molecule has 1 amide bonds. The van der Waals surface area contributed by atoms with Crippen LogP contribution in [0.3, 0.4) is 0 Å². The molecule has 0 atom stereocenters. The first kappa shape index (κ1) is 18.8. The highest BCUT2D eigenvalue weighted by Gasteiger charge is 2.16. The van der Waals surface area contributed by atoms with Crippen molar-refractivity contribution in [2.24, 2.45) is 0 Å². The minimum Gasteiger partial charge on any atom is -0.492 e. The largest absolute Gasteiger partial charge is 0.492 e. The van der Waals surface area contributed by atoms with E-state index in [1.165, 1.54) is 7.11 Å². The van der Waals surface area contributed by atoms with Gasteiger partial charge < -0.3 is 19.4 Å². The fourth-order valence-corrected chi connectivity index (χ4v) is 2.88. The summed E-state index contributed by atoms with van der Waals surface area (Å²) >= 11 is 5.82. The molecule has 0 spiro atoms. The van der Waals surface area contributed by atoms with Gasteiger partial charge in [-0.25, -0.2) is 4.79 Å². The number of nitrogens with one attached hydrogen (secondary N) is 1. The molecular formula is C20H19ClN2O4. The van der Waals surface area contributed by atoms with E-state index in [1.54, 1.807) is 35.0 Å². The van der Waals surface area contributed by atoms with Crippen LogP contribution in [0.15, 0.2) is 54.7 Å². The number of amides is 1. The molecule has 0 aliphatic heterocycles. The number of carbonyl (C=O) groups is 2. The van der Waals surface area contributed by atoms with Crippen molar-refractivity contribution in [1.29, 1.82) is 0 Å². The van der Waals surface area contributed by atoms with Gasteiger partial charge in [0, 0.05) is 22.1 Å². The molecule has 0 radical (unpaired) electrons. The van der Waals surface area contributed by atoms with E-state index < -0.39 is 5.97 Å². The average Bonchev–Trinajstić information content (AvgIpc) is 3.04. The molecule has 0 unspecified atom stereocenters. The van der Waals surface area contributed by atoms with E-state index in [-0.39, 0.29) is 12.5 Å². The van der Waals surface area contributed by atoms with E-state index in [0.29, 0.717) is 29.5 Å². The number of hydrogen-bond donors (Lipinski definition) is 1. The first-order valence-corrected chi connectivity index (χ1v) is 8.77. The summed E-state index contributed by atoms with van der Waals surface area (Å²) in [5, 5.41) is 4.20. The molecule has 0 saturated carbocycles. The highest BCUT2D eigenvalue weighted by atomic mass is 35.5. The van der Waals surface area contributed by atoms with Gasteiger partial charge in [-0.2, -0.15) is 0 Å². The van der Waals surface area contributed by atoms with E-state index in [2.05, 4.69) is 5.32 Å². The zero-order chi connectivity index (χ0) is 19.2. The van der Waals surface area contributed by atoms with Crippen molar-refractivity contribution in [2.75, 3.05) is 20.3 Å². The van der Waals surface area contributed by atoms with Crippen LogP contribution in [0.25, 0.3) is 10.9 Å². The third-order valence-corrected chi connectivity index (χ3v) is 4.27. The molecule has 2 aromatic carbocycles. The van der Waals surface area contributed by atoms with E-state index >= 15 is 0 Å². The van der Waals surface area contributed by atoms with E-state index in [1.807, 2.05) is 24.3 Å². The second kappa shape index (κ2) is 8.60. The van der Waals surface area contributed by atoms with Gasteiger partial charge in [0.05, 0.1) is 19.2 Å². The fourth-order valence-electron chi connectivity index (χ4n) is 2.75. The Labute approximate surface area is 161 Å². The van der Waals surface area contributed by atoms with E-state index in [9.17, 15) is 9.59 Å². The molecule has 3 rings (SSSR count). The Bertz CT molecular complexity index is 950. The van der Waals surface area contributed by atoms with Gasteiger partial charge in [0.15, 0.2) is 0 Å². The number of rotatable bonds is 7. The zero-order valence-electron chi connectivity index (χ0n) is 14.8.